The predicted molar refractivity (Wildman–Crippen MR) is 62.2 cm³/mol. The molecule has 2 saturated heterocycles. The lowest BCUT2D eigenvalue weighted by molar-refractivity contribution is 0.0795. The van der Waals surface area contributed by atoms with Crippen LogP contribution in [0.2, 0.25) is 0 Å². The van der Waals surface area contributed by atoms with Crippen LogP contribution in [0, 0.1) is 11.8 Å². The third-order valence-electron chi connectivity index (χ3n) is 4.61. The molecule has 0 amide bonds. The molecule has 6 heteroatoms. The molecular formula is C11H19NO4S. The topological polar surface area (TPSA) is 77.8 Å². The molecule has 17 heavy (non-hydrogen) atoms. The van der Waals surface area contributed by atoms with Gasteiger partial charge in [0.05, 0.1) is 29.8 Å². The second-order valence-corrected chi connectivity index (χ2v) is 7.89. The Labute approximate surface area is 101 Å². The first-order valence-electron chi connectivity index (χ1n) is 6.27. The molecule has 0 aromatic carbocycles. The zero-order chi connectivity index (χ0) is 12.2. The summed E-state index contributed by atoms with van der Waals surface area (Å²) in [5.41, 5.74) is 0. The number of nitrogens with zero attached hydrogens (tertiary/aromatic N) is 1. The van der Waals surface area contributed by atoms with Gasteiger partial charge in [-0.3, -0.25) is 4.90 Å². The molecule has 3 aliphatic rings. The van der Waals surface area contributed by atoms with E-state index in [2.05, 4.69) is 4.90 Å². The van der Waals surface area contributed by atoms with E-state index in [1.807, 2.05) is 0 Å². The average Bonchev–Trinajstić information content (AvgIpc) is 2.83. The Bertz CT molecular complexity index is 410. The first-order valence-corrected chi connectivity index (χ1v) is 8.09. The van der Waals surface area contributed by atoms with Crippen molar-refractivity contribution in [3.63, 3.8) is 0 Å². The summed E-state index contributed by atoms with van der Waals surface area (Å²) < 4.78 is 23.0. The third-order valence-corrected chi connectivity index (χ3v) is 6.31. The average molecular weight is 261 g/mol. The lowest BCUT2D eigenvalue weighted by atomic mass is 10.00. The van der Waals surface area contributed by atoms with Crippen molar-refractivity contribution >= 4 is 9.84 Å². The van der Waals surface area contributed by atoms with Gasteiger partial charge in [-0.25, -0.2) is 8.42 Å². The molecule has 2 aliphatic heterocycles. The standard InChI is InChI=1S/C11H19NO4S/c13-10-2-1-7-3-12(4-8(7)10)9-5-17(15,16)6-11(9)14/h7-11,13-14H,1-6H2. The molecule has 3 fully saturated rings. The molecule has 2 heterocycles. The zero-order valence-electron chi connectivity index (χ0n) is 9.70. The summed E-state index contributed by atoms with van der Waals surface area (Å²) in [6.45, 7) is 1.57. The molecule has 0 aromatic heterocycles. The molecule has 2 N–H and O–H groups in total. The van der Waals surface area contributed by atoms with Gasteiger partial charge in [-0.1, -0.05) is 0 Å². The molecule has 1 aliphatic carbocycles. The van der Waals surface area contributed by atoms with Crippen molar-refractivity contribution < 1.29 is 18.6 Å². The number of sulfone groups is 1. The van der Waals surface area contributed by atoms with Crippen molar-refractivity contribution in [1.82, 2.24) is 4.90 Å². The molecule has 1 saturated carbocycles. The molecular weight excluding hydrogens is 242 g/mol. The van der Waals surface area contributed by atoms with Crippen LogP contribution in [0.4, 0.5) is 0 Å². The molecule has 5 atom stereocenters. The van der Waals surface area contributed by atoms with Crippen LogP contribution in [-0.4, -0.2) is 66.4 Å². The van der Waals surface area contributed by atoms with E-state index < -0.39 is 15.9 Å². The number of hydrogen-bond acceptors (Lipinski definition) is 5. The van der Waals surface area contributed by atoms with E-state index in [0.717, 1.165) is 25.9 Å². The Morgan fingerprint density at radius 3 is 2.35 bits per heavy atom. The quantitative estimate of drug-likeness (QED) is 0.623. The van der Waals surface area contributed by atoms with Crippen molar-refractivity contribution in [2.45, 2.75) is 31.1 Å². The van der Waals surface area contributed by atoms with Gasteiger partial charge in [0.1, 0.15) is 0 Å². The maximum absolute atomic E-state index is 11.5. The largest absolute Gasteiger partial charge is 0.393 e. The highest BCUT2D eigenvalue weighted by Gasteiger charge is 2.48. The van der Waals surface area contributed by atoms with Gasteiger partial charge in [0.15, 0.2) is 9.84 Å². The molecule has 3 rings (SSSR count). The van der Waals surface area contributed by atoms with Crippen LogP contribution in [0.3, 0.4) is 0 Å². The van der Waals surface area contributed by atoms with Crippen molar-refractivity contribution in [1.29, 1.82) is 0 Å². The van der Waals surface area contributed by atoms with Crippen molar-refractivity contribution in [3.8, 4) is 0 Å². The Kier molecular flexibility index (Phi) is 2.74. The number of aliphatic hydroxyl groups is 2. The van der Waals surface area contributed by atoms with E-state index in [1.165, 1.54) is 0 Å². The van der Waals surface area contributed by atoms with Crippen LogP contribution in [-0.2, 0) is 9.84 Å². The number of fused-ring (bicyclic) bond motifs is 1. The summed E-state index contributed by atoms with van der Waals surface area (Å²) in [6.07, 6.45) is 0.906. The normalized spacial score (nSPS) is 49.6. The minimum atomic E-state index is -3.07. The van der Waals surface area contributed by atoms with Gasteiger partial charge in [0.2, 0.25) is 0 Å². The predicted octanol–water partition coefficient (Wildman–Crippen LogP) is -1.15. The molecule has 5 unspecified atom stereocenters. The Balaban J connectivity index is 1.72. The summed E-state index contributed by atoms with van der Waals surface area (Å²) in [6, 6.07) is -0.252. The van der Waals surface area contributed by atoms with Gasteiger partial charge in [-0.2, -0.15) is 0 Å². The summed E-state index contributed by atoms with van der Waals surface area (Å²) in [4.78, 5) is 2.08. The molecule has 0 aromatic rings. The monoisotopic (exact) mass is 261 g/mol. The van der Waals surface area contributed by atoms with Gasteiger partial charge in [-0.15, -0.1) is 0 Å². The summed E-state index contributed by atoms with van der Waals surface area (Å²) >= 11 is 0. The SMILES string of the molecule is O=S1(=O)CC(O)C(N2CC3CCC(O)C3C2)C1. The maximum Gasteiger partial charge on any atom is 0.154 e. The zero-order valence-corrected chi connectivity index (χ0v) is 10.5. The minimum absolute atomic E-state index is 0.0731. The Morgan fingerprint density at radius 1 is 1.00 bits per heavy atom. The molecule has 0 bridgehead atoms. The summed E-state index contributed by atoms with van der Waals surface area (Å²) in [5, 5.41) is 19.7. The van der Waals surface area contributed by atoms with Gasteiger partial charge in [0, 0.05) is 19.0 Å². The van der Waals surface area contributed by atoms with E-state index >= 15 is 0 Å². The first kappa shape index (κ1) is 11.9. The van der Waals surface area contributed by atoms with Gasteiger partial charge in [-0.05, 0) is 18.8 Å². The van der Waals surface area contributed by atoms with E-state index in [0.29, 0.717) is 5.92 Å². The van der Waals surface area contributed by atoms with Gasteiger partial charge in [0.25, 0.3) is 0 Å². The third kappa shape index (κ3) is 2.01. The smallest absolute Gasteiger partial charge is 0.154 e. The number of rotatable bonds is 1. The van der Waals surface area contributed by atoms with E-state index in [-0.39, 0.29) is 29.6 Å². The second-order valence-electron chi connectivity index (χ2n) is 5.73. The maximum atomic E-state index is 11.5. The van der Waals surface area contributed by atoms with Crippen LogP contribution in [0.5, 0.6) is 0 Å². The minimum Gasteiger partial charge on any atom is -0.393 e. The molecule has 0 spiro atoms. The van der Waals surface area contributed by atoms with E-state index in [1.54, 1.807) is 0 Å². The molecule has 98 valence electrons. The fourth-order valence-electron chi connectivity index (χ4n) is 3.70. The number of aliphatic hydroxyl groups excluding tert-OH is 2. The van der Waals surface area contributed by atoms with Crippen molar-refractivity contribution in [3.05, 3.63) is 0 Å². The fourth-order valence-corrected chi connectivity index (χ4v) is 5.53. The second kappa shape index (κ2) is 3.91. The van der Waals surface area contributed by atoms with Crippen LogP contribution in [0.25, 0.3) is 0 Å². The van der Waals surface area contributed by atoms with Crippen molar-refractivity contribution in [2.24, 2.45) is 11.8 Å². The van der Waals surface area contributed by atoms with E-state index in [9.17, 15) is 18.6 Å². The lowest BCUT2D eigenvalue weighted by Gasteiger charge is -2.26. The van der Waals surface area contributed by atoms with Crippen LogP contribution in [0.15, 0.2) is 0 Å². The highest BCUT2D eigenvalue weighted by molar-refractivity contribution is 7.91. The Morgan fingerprint density at radius 2 is 1.76 bits per heavy atom. The molecule has 5 nitrogen and oxygen atoms in total. The highest BCUT2D eigenvalue weighted by atomic mass is 32.2. The van der Waals surface area contributed by atoms with Gasteiger partial charge >= 0.3 is 0 Å². The number of hydrogen-bond donors (Lipinski definition) is 2. The summed E-state index contributed by atoms with van der Waals surface area (Å²) in [5.74, 6) is 0.737. The fraction of sp³-hybridized carbons (Fsp3) is 1.00. The van der Waals surface area contributed by atoms with Gasteiger partial charge < -0.3 is 10.2 Å². The van der Waals surface area contributed by atoms with E-state index in [4.69, 9.17) is 0 Å². The van der Waals surface area contributed by atoms with Crippen LogP contribution in [0.1, 0.15) is 12.8 Å². The number of likely N-dealkylation sites (tertiary alicyclic amines) is 1. The summed E-state index contributed by atoms with van der Waals surface area (Å²) in [7, 11) is -3.07. The molecule has 0 radical (unpaired) electrons. The lowest BCUT2D eigenvalue weighted by Crippen LogP contribution is -2.42. The van der Waals surface area contributed by atoms with Crippen molar-refractivity contribution in [2.75, 3.05) is 24.6 Å². The Hall–Kier alpha value is -0.170. The first-order chi connectivity index (χ1) is 7.96. The van der Waals surface area contributed by atoms with Crippen LogP contribution < -0.4 is 0 Å². The highest BCUT2D eigenvalue weighted by Crippen LogP contribution is 2.39. The van der Waals surface area contributed by atoms with Crippen LogP contribution >= 0.6 is 0 Å².